The van der Waals surface area contributed by atoms with Gasteiger partial charge in [0.05, 0.1) is 7.11 Å². The van der Waals surface area contributed by atoms with E-state index in [9.17, 15) is 13.6 Å². The second-order valence-corrected chi connectivity index (χ2v) is 4.92. The van der Waals surface area contributed by atoms with E-state index in [1.807, 2.05) is 0 Å². The number of fused-ring (bicyclic) bond motifs is 1. The molecule has 1 aromatic heterocycles. The molecule has 1 amide bonds. The van der Waals surface area contributed by atoms with Crippen LogP contribution in [0.1, 0.15) is 10.4 Å². The number of halogens is 2. The minimum absolute atomic E-state index is 0.0283. The first-order valence-electron chi connectivity index (χ1n) is 6.90. The van der Waals surface area contributed by atoms with Gasteiger partial charge in [0.2, 0.25) is 5.55 Å². The molecule has 0 aliphatic carbocycles. The molecule has 0 saturated heterocycles. The second-order valence-electron chi connectivity index (χ2n) is 4.92. The molecule has 24 heavy (non-hydrogen) atoms. The zero-order valence-corrected chi connectivity index (χ0v) is 12.5. The Bertz CT molecular complexity index is 1010. The summed E-state index contributed by atoms with van der Waals surface area (Å²) in [5.74, 6) is -2.00. The molecule has 0 bridgehead atoms. The van der Waals surface area contributed by atoms with Crippen molar-refractivity contribution in [1.82, 2.24) is 0 Å². The Balaban J connectivity index is 2.34. The Hall–Kier alpha value is -3.22. The highest BCUT2D eigenvalue weighted by Crippen LogP contribution is 2.25. The lowest BCUT2D eigenvalue weighted by Crippen LogP contribution is -2.21. The van der Waals surface area contributed by atoms with Gasteiger partial charge in [0, 0.05) is 11.5 Å². The number of carbonyl (C=O) groups excluding carboxylic acids is 1. The predicted molar refractivity (Wildman–Crippen MR) is 82.9 cm³/mol. The number of nitrogens with two attached hydrogens (primary N) is 1. The van der Waals surface area contributed by atoms with Crippen LogP contribution in [-0.2, 0) is 0 Å². The van der Waals surface area contributed by atoms with E-state index in [0.717, 1.165) is 12.1 Å². The number of amides is 1. The summed E-state index contributed by atoms with van der Waals surface area (Å²) in [6.07, 6.45) is 0. The molecule has 0 atom stereocenters. The van der Waals surface area contributed by atoms with Gasteiger partial charge in [-0.15, -0.1) is 0 Å². The fraction of sp³-hybridized carbons (Fsp3) is 0.0588. The standard InChI is InChI=1S/C17H12F2N2O3/c1-23-14-4-2-3-9-7-11(16(20)22)17(24-15(9)14)21-13-6-5-10(18)8-12(13)19/h2-8H,1H3,(H2,20,22). The van der Waals surface area contributed by atoms with E-state index in [1.54, 1.807) is 18.2 Å². The number of benzene rings is 2. The van der Waals surface area contributed by atoms with Crippen LogP contribution in [0, 0.1) is 11.6 Å². The molecule has 0 unspecified atom stereocenters. The van der Waals surface area contributed by atoms with Gasteiger partial charge in [-0.3, -0.25) is 4.79 Å². The maximum atomic E-state index is 13.8. The quantitative estimate of drug-likeness (QED) is 0.802. The molecule has 1 heterocycles. The molecule has 3 aromatic rings. The summed E-state index contributed by atoms with van der Waals surface area (Å²) in [5, 5.41) is 0.571. The van der Waals surface area contributed by atoms with Crippen molar-refractivity contribution in [1.29, 1.82) is 0 Å². The van der Waals surface area contributed by atoms with E-state index in [1.165, 1.54) is 13.2 Å². The van der Waals surface area contributed by atoms with Crippen molar-refractivity contribution in [3.63, 3.8) is 0 Å². The summed E-state index contributed by atoms with van der Waals surface area (Å²) >= 11 is 0. The van der Waals surface area contributed by atoms with Crippen LogP contribution in [0.3, 0.4) is 0 Å². The van der Waals surface area contributed by atoms with Gasteiger partial charge < -0.3 is 14.9 Å². The third-order valence-electron chi connectivity index (χ3n) is 3.36. The van der Waals surface area contributed by atoms with E-state index in [-0.39, 0.29) is 16.8 Å². The predicted octanol–water partition coefficient (Wildman–Crippen LogP) is 3.05. The highest BCUT2D eigenvalue weighted by atomic mass is 19.1. The molecule has 2 aromatic carbocycles. The monoisotopic (exact) mass is 330 g/mol. The smallest absolute Gasteiger partial charge is 0.254 e. The molecule has 2 N–H and O–H groups in total. The molecule has 0 spiro atoms. The van der Waals surface area contributed by atoms with E-state index in [2.05, 4.69) is 4.99 Å². The van der Waals surface area contributed by atoms with Crippen LogP contribution in [0.5, 0.6) is 5.75 Å². The Morgan fingerprint density at radius 2 is 2.00 bits per heavy atom. The van der Waals surface area contributed by atoms with Gasteiger partial charge in [-0.1, -0.05) is 12.1 Å². The molecule has 0 saturated carbocycles. The highest BCUT2D eigenvalue weighted by molar-refractivity contribution is 5.96. The summed E-state index contributed by atoms with van der Waals surface area (Å²) in [6.45, 7) is 0. The lowest BCUT2D eigenvalue weighted by atomic mass is 10.1. The average molecular weight is 330 g/mol. The highest BCUT2D eigenvalue weighted by Gasteiger charge is 2.13. The minimum atomic E-state index is -0.888. The van der Waals surface area contributed by atoms with Gasteiger partial charge in [0.1, 0.15) is 17.1 Å². The van der Waals surface area contributed by atoms with Crippen molar-refractivity contribution in [2.75, 3.05) is 7.11 Å². The van der Waals surface area contributed by atoms with Gasteiger partial charge >= 0.3 is 0 Å². The number of ether oxygens (including phenoxy) is 1. The van der Waals surface area contributed by atoms with Crippen molar-refractivity contribution < 1.29 is 22.7 Å². The van der Waals surface area contributed by atoms with Gasteiger partial charge in [0.25, 0.3) is 5.91 Å². The summed E-state index contributed by atoms with van der Waals surface area (Å²) in [7, 11) is 1.46. The molecule has 3 rings (SSSR count). The Kier molecular flexibility index (Phi) is 3.99. The summed E-state index contributed by atoms with van der Waals surface area (Å²) < 4.78 is 37.6. The zero-order valence-electron chi connectivity index (χ0n) is 12.5. The van der Waals surface area contributed by atoms with Gasteiger partial charge in [0.15, 0.2) is 17.1 Å². The molecule has 0 radical (unpaired) electrons. The summed E-state index contributed by atoms with van der Waals surface area (Å²) in [6, 6.07) is 9.44. The van der Waals surface area contributed by atoms with Gasteiger partial charge in [-0.2, -0.15) is 0 Å². The lowest BCUT2D eigenvalue weighted by molar-refractivity contribution is 0.0996. The topological polar surface area (TPSA) is 77.8 Å². The molecule has 122 valence electrons. The largest absolute Gasteiger partial charge is 0.493 e. The van der Waals surface area contributed by atoms with Gasteiger partial charge in [-0.05, 0) is 24.3 Å². The number of para-hydroxylation sites is 1. The second kappa shape index (κ2) is 6.11. The lowest BCUT2D eigenvalue weighted by Gasteiger charge is -2.06. The molecule has 0 fully saturated rings. The zero-order chi connectivity index (χ0) is 17.3. The molecule has 0 aliphatic rings. The first kappa shape index (κ1) is 15.7. The first-order chi connectivity index (χ1) is 11.5. The maximum absolute atomic E-state index is 13.8. The number of rotatable bonds is 3. The van der Waals surface area contributed by atoms with Crippen LogP contribution in [0.25, 0.3) is 11.0 Å². The van der Waals surface area contributed by atoms with Crippen LogP contribution in [-0.4, -0.2) is 13.0 Å². The number of methoxy groups -OCH3 is 1. The number of primary amides is 1. The number of carbonyl (C=O) groups is 1. The number of nitrogens with zero attached hydrogens (tertiary/aromatic N) is 1. The van der Waals surface area contributed by atoms with Crippen molar-refractivity contribution in [2.24, 2.45) is 10.7 Å². The van der Waals surface area contributed by atoms with Crippen LogP contribution in [0.15, 0.2) is 51.9 Å². The molecule has 5 nitrogen and oxygen atoms in total. The third kappa shape index (κ3) is 2.83. The molecular formula is C17H12F2N2O3. The fourth-order valence-corrected chi connectivity index (χ4v) is 2.23. The molecule has 7 heteroatoms. The van der Waals surface area contributed by atoms with Gasteiger partial charge in [-0.25, -0.2) is 13.8 Å². The third-order valence-corrected chi connectivity index (χ3v) is 3.36. The SMILES string of the molecule is COc1cccc2cc(C(N)=O)c(=Nc3ccc(F)cc3F)oc12. The fourth-order valence-electron chi connectivity index (χ4n) is 2.23. The van der Waals surface area contributed by atoms with E-state index >= 15 is 0 Å². The van der Waals surface area contributed by atoms with Crippen molar-refractivity contribution in [2.45, 2.75) is 0 Å². The van der Waals surface area contributed by atoms with Crippen LogP contribution >= 0.6 is 0 Å². The number of hydrogen-bond donors (Lipinski definition) is 1. The van der Waals surface area contributed by atoms with Crippen molar-refractivity contribution >= 4 is 22.6 Å². The molecule has 0 aliphatic heterocycles. The first-order valence-corrected chi connectivity index (χ1v) is 6.90. The number of hydrogen-bond acceptors (Lipinski definition) is 4. The maximum Gasteiger partial charge on any atom is 0.254 e. The summed E-state index contributed by atoms with van der Waals surface area (Å²) in [5.41, 5.74) is 5.27. The summed E-state index contributed by atoms with van der Waals surface area (Å²) in [4.78, 5) is 15.6. The Morgan fingerprint density at radius 3 is 2.67 bits per heavy atom. The molecular weight excluding hydrogens is 318 g/mol. The normalized spacial score (nSPS) is 11.7. The average Bonchev–Trinajstić information content (AvgIpc) is 2.56. The van der Waals surface area contributed by atoms with Crippen LogP contribution in [0.2, 0.25) is 0 Å². The van der Waals surface area contributed by atoms with Crippen LogP contribution in [0.4, 0.5) is 14.5 Å². The minimum Gasteiger partial charge on any atom is -0.493 e. The van der Waals surface area contributed by atoms with Crippen molar-refractivity contribution in [3.05, 3.63) is 65.2 Å². The Labute approximate surface area is 135 Å². The van der Waals surface area contributed by atoms with E-state index in [4.69, 9.17) is 14.9 Å². The van der Waals surface area contributed by atoms with E-state index < -0.39 is 17.5 Å². The van der Waals surface area contributed by atoms with E-state index in [0.29, 0.717) is 22.8 Å². The Morgan fingerprint density at radius 1 is 1.21 bits per heavy atom. The van der Waals surface area contributed by atoms with Crippen LogP contribution < -0.4 is 16.0 Å². The van der Waals surface area contributed by atoms with Crippen molar-refractivity contribution in [3.8, 4) is 5.75 Å².